The van der Waals surface area contributed by atoms with Crippen LogP contribution in [0.15, 0.2) is 48.5 Å². The zero-order valence-corrected chi connectivity index (χ0v) is 16.6. The van der Waals surface area contributed by atoms with E-state index >= 15 is 0 Å². The maximum Gasteiger partial charge on any atom is 0.328 e. The Bertz CT molecular complexity index is 1020. The zero-order valence-electron chi connectivity index (χ0n) is 15.8. The molecule has 1 N–H and O–H groups in total. The van der Waals surface area contributed by atoms with Crippen molar-refractivity contribution in [3.05, 3.63) is 64.2 Å². The highest BCUT2D eigenvalue weighted by Gasteiger charge is 2.25. The number of nitrogens with one attached hydrogen (secondary N) is 1. The Morgan fingerprint density at radius 3 is 2.38 bits per heavy atom. The van der Waals surface area contributed by atoms with Crippen molar-refractivity contribution in [3.63, 3.8) is 0 Å². The molecule has 1 amide bonds. The summed E-state index contributed by atoms with van der Waals surface area (Å²) in [7, 11) is -2.23. The molecule has 0 unspecified atom stereocenters. The average molecular weight is 420 g/mol. The molecule has 0 aliphatic heterocycles. The quantitative estimate of drug-likeness (QED) is 0.392. The molecule has 154 valence electrons. The van der Waals surface area contributed by atoms with Crippen LogP contribution in [0.5, 0.6) is 0 Å². The SMILES string of the molecule is COC(=O)[C@H](CCS(C)(=O)=O)NC(=O)c1ccc([N+](=O)[O-])cc1-c1ccccc1. The fourth-order valence-electron chi connectivity index (χ4n) is 2.66. The van der Waals surface area contributed by atoms with Crippen molar-refractivity contribution in [2.24, 2.45) is 0 Å². The summed E-state index contributed by atoms with van der Waals surface area (Å²) in [6.07, 6.45) is 0.859. The van der Waals surface area contributed by atoms with Crippen molar-refractivity contribution in [2.75, 3.05) is 19.1 Å². The Kier molecular flexibility index (Phi) is 7.05. The van der Waals surface area contributed by atoms with Crippen molar-refractivity contribution in [1.82, 2.24) is 5.32 Å². The van der Waals surface area contributed by atoms with Gasteiger partial charge in [-0.3, -0.25) is 14.9 Å². The summed E-state index contributed by atoms with van der Waals surface area (Å²) in [6.45, 7) is 0. The molecule has 29 heavy (non-hydrogen) atoms. The van der Waals surface area contributed by atoms with Crippen LogP contribution in [0.1, 0.15) is 16.8 Å². The van der Waals surface area contributed by atoms with Crippen LogP contribution in [0.25, 0.3) is 11.1 Å². The first kappa shape index (κ1) is 22.0. The monoisotopic (exact) mass is 420 g/mol. The molecule has 2 rings (SSSR count). The van der Waals surface area contributed by atoms with E-state index in [9.17, 15) is 28.1 Å². The molecule has 0 fully saturated rings. The Morgan fingerprint density at radius 2 is 1.83 bits per heavy atom. The lowest BCUT2D eigenvalue weighted by Crippen LogP contribution is -2.42. The van der Waals surface area contributed by atoms with Gasteiger partial charge < -0.3 is 10.1 Å². The number of ether oxygens (including phenoxy) is 1. The molecule has 1 atom stereocenters. The Morgan fingerprint density at radius 1 is 1.17 bits per heavy atom. The van der Waals surface area contributed by atoms with Crippen LogP contribution >= 0.6 is 0 Å². The fourth-order valence-corrected chi connectivity index (χ4v) is 3.32. The maximum absolute atomic E-state index is 12.8. The molecule has 2 aromatic rings. The second kappa shape index (κ2) is 9.28. The number of carbonyl (C=O) groups is 2. The van der Waals surface area contributed by atoms with Crippen LogP contribution in [0, 0.1) is 10.1 Å². The summed E-state index contributed by atoms with van der Waals surface area (Å²) < 4.78 is 27.5. The smallest absolute Gasteiger partial charge is 0.328 e. The highest BCUT2D eigenvalue weighted by molar-refractivity contribution is 7.90. The number of non-ortho nitro benzene ring substituents is 1. The molecule has 0 saturated heterocycles. The molecule has 0 spiro atoms. The number of methoxy groups -OCH3 is 1. The van der Waals surface area contributed by atoms with Gasteiger partial charge in [-0.05, 0) is 18.1 Å². The van der Waals surface area contributed by atoms with Crippen LogP contribution in [0.4, 0.5) is 5.69 Å². The lowest BCUT2D eigenvalue weighted by molar-refractivity contribution is -0.384. The molecule has 10 heteroatoms. The average Bonchev–Trinajstić information content (AvgIpc) is 2.69. The van der Waals surface area contributed by atoms with E-state index in [0.29, 0.717) is 11.1 Å². The number of nitrogens with zero attached hydrogens (tertiary/aromatic N) is 1. The first-order chi connectivity index (χ1) is 13.6. The van der Waals surface area contributed by atoms with Gasteiger partial charge in [0.05, 0.1) is 17.8 Å². The highest BCUT2D eigenvalue weighted by atomic mass is 32.2. The minimum Gasteiger partial charge on any atom is -0.467 e. The normalized spacial score (nSPS) is 12.1. The number of benzene rings is 2. The molecule has 0 aliphatic carbocycles. The van der Waals surface area contributed by atoms with Crippen molar-refractivity contribution >= 4 is 27.4 Å². The Hall–Kier alpha value is -3.27. The first-order valence-corrected chi connectivity index (χ1v) is 10.6. The number of hydrogen-bond acceptors (Lipinski definition) is 7. The van der Waals surface area contributed by atoms with E-state index in [1.54, 1.807) is 30.3 Å². The third kappa shape index (κ3) is 6.11. The van der Waals surface area contributed by atoms with Gasteiger partial charge in [0.25, 0.3) is 11.6 Å². The van der Waals surface area contributed by atoms with Gasteiger partial charge in [-0.1, -0.05) is 30.3 Å². The fraction of sp³-hybridized carbons (Fsp3) is 0.263. The number of hydrogen-bond donors (Lipinski definition) is 1. The van der Waals surface area contributed by atoms with Crippen LogP contribution in [0.2, 0.25) is 0 Å². The van der Waals surface area contributed by atoms with Gasteiger partial charge in [0.2, 0.25) is 0 Å². The summed E-state index contributed by atoms with van der Waals surface area (Å²) in [4.78, 5) is 35.4. The lowest BCUT2D eigenvalue weighted by Gasteiger charge is -2.17. The largest absolute Gasteiger partial charge is 0.467 e. The highest BCUT2D eigenvalue weighted by Crippen LogP contribution is 2.28. The number of esters is 1. The summed E-state index contributed by atoms with van der Waals surface area (Å²) in [5.74, 6) is -1.79. The minimum atomic E-state index is -3.36. The number of sulfone groups is 1. The maximum atomic E-state index is 12.8. The topological polar surface area (TPSA) is 133 Å². The Labute approximate surface area is 167 Å². The molecule has 2 aromatic carbocycles. The minimum absolute atomic E-state index is 0.107. The summed E-state index contributed by atoms with van der Waals surface area (Å²) in [6, 6.07) is 11.2. The van der Waals surface area contributed by atoms with Gasteiger partial charge in [0, 0.05) is 29.5 Å². The molecular formula is C19H20N2O7S. The number of carbonyl (C=O) groups excluding carboxylic acids is 2. The Balaban J connectivity index is 2.39. The predicted molar refractivity (Wildman–Crippen MR) is 106 cm³/mol. The number of nitro groups is 1. The molecule has 0 aliphatic rings. The standard InChI is InChI=1S/C19H20N2O7S/c1-28-19(23)17(10-11-29(2,26)27)20-18(22)15-9-8-14(21(24)25)12-16(15)13-6-4-3-5-7-13/h3-9,12,17H,10-11H2,1-2H3,(H,20,22)/t17-/m0/s1. The van der Waals surface area contributed by atoms with E-state index in [2.05, 4.69) is 10.1 Å². The van der Waals surface area contributed by atoms with Crippen molar-refractivity contribution in [2.45, 2.75) is 12.5 Å². The molecule has 9 nitrogen and oxygen atoms in total. The van der Waals surface area contributed by atoms with Crippen LogP contribution in [0.3, 0.4) is 0 Å². The van der Waals surface area contributed by atoms with E-state index in [4.69, 9.17) is 0 Å². The summed E-state index contributed by atoms with van der Waals surface area (Å²) in [5.41, 5.74) is 0.799. The van der Waals surface area contributed by atoms with Gasteiger partial charge in [-0.25, -0.2) is 13.2 Å². The molecule has 0 radical (unpaired) electrons. The van der Waals surface area contributed by atoms with Crippen molar-refractivity contribution in [1.29, 1.82) is 0 Å². The molecule has 0 aromatic heterocycles. The second-order valence-corrected chi connectivity index (χ2v) is 8.58. The van der Waals surface area contributed by atoms with E-state index < -0.39 is 32.7 Å². The van der Waals surface area contributed by atoms with E-state index in [-0.39, 0.29) is 23.4 Å². The first-order valence-electron chi connectivity index (χ1n) is 8.52. The molecule has 0 saturated carbocycles. The van der Waals surface area contributed by atoms with Crippen LogP contribution in [-0.2, 0) is 19.4 Å². The van der Waals surface area contributed by atoms with Crippen molar-refractivity contribution < 1.29 is 27.7 Å². The van der Waals surface area contributed by atoms with E-state index in [0.717, 1.165) is 13.4 Å². The lowest BCUT2D eigenvalue weighted by atomic mass is 9.98. The molecule has 0 bridgehead atoms. The summed E-state index contributed by atoms with van der Waals surface area (Å²) >= 11 is 0. The number of nitro benzene ring substituents is 1. The van der Waals surface area contributed by atoms with E-state index in [1.807, 2.05) is 0 Å². The van der Waals surface area contributed by atoms with E-state index in [1.165, 1.54) is 18.2 Å². The van der Waals surface area contributed by atoms with Crippen LogP contribution in [-0.4, -0.2) is 50.4 Å². The van der Waals surface area contributed by atoms with Gasteiger partial charge in [0.1, 0.15) is 15.9 Å². The van der Waals surface area contributed by atoms with Gasteiger partial charge >= 0.3 is 5.97 Å². The molecule has 0 heterocycles. The third-order valence-corrected chi connectivity index (χ3v) is 5.09. The second-order valence-electron chi connectivity index (χ2n) is 6.32. The van der Waals surface area contributed by atoms with Crippen LogP contribution < -0.4 is 5.32 Å². The van der Waals surface area contributed by atoms with Gasteiger partial charge in [-0.15, -0.1) is 0 Å². The van der Waals surface area contributed by atoms with Gasteiger partial charge in [-0.2, -0.15) is 0 Å². The van der Waals surface area contributed by atoms with Crippen molar-refractivity contribution in [3.8, 4) is 11.1 Å². The number of amides is 1. The summed E-state index contributed by atoms with van der Waals surface area (Å²) in [5, 5.41) is 13.6. The third-order valence-electron chi connectivity index (χ3n) is 4.11. The number of rotatable bonds is 8. The van der Waals surface area contributed by atoms with Gasteiger partial charge in [0.15, 0.2) is 0 Å². The molecular weight excluding hydrogens is 400 g/mol. The predicted octanol–water partition coefficient (Wildman–Crippen LogP) is 1.97. The zero-order chi connectivity index (χ0) is 21.6.